The average Bonchev–Trinajstić information content (AvgIpc) is 2.80. The smallest absolute Gasteiger partial charge is 0.253 e. The molecule has 1 unspecified atom stereocenters. The number of imidazole rings is 1. The van der Waals surface area contributed by atoms with Crippen LogP contribution in [0.3, 0.4) is 0 Å². The van der Waals surface area contributed by atoms with Gasteiger partial charge in [0.2, 0.25) is 0 Å². The van der Waals surface area contributed by atoms with Crippen molar-refractivity contribution in [1.82, 2.24) is 9.97 Å². The molecule has 20 heavy (non-hydrogen) atoms. The van der Waals surface area contributed by atoms with Crippen LogP contribution in [0.1, 0.15) is 33.5 Å². The molecule has 0 saturated carbocycles. The fourth-order valence-electron chi connectivity index (χ4n) is 1.79. The number of nitrogens with one attached hydrogen (secondary N) is 2. The first-order chi connectivity index (χ1) is 9.31. The van der Waals surface area contributed by atoms with Gasteiger partial charge in [-0.25, -0.2) is 4.98 Å². The van der Waals surface area contributed by atoms with Crippen LogP contribution in [0.25, 0.3) is 11.0 Å². The molecule has 0 saturated heterocycles. The highest BCUT2D eigenvalue weighted by molar-refractivity contribution is 5.95. The lowest BCUT2D eigenvalue weighted by Crippen LogP contribution is -2.26. The van der Waals surface area contributed by atoms with Crippen molar-refractivity contribution in [3.05, 3.63) is 24.0 Å². The fraction of sp³-hybridized carbons (Fsp3) is 0.467. The predicted molar refractivity (Wildman–Crippen MR) is 79.9 cm³/mol. The van der Waals surface area contributed by atoms with E-state index in [1.165, 1.54) is 7.11 Å². The van der Waals surface area contributed by atoms with Crippen LogP contribution in [0.4, 0.5) is 5.69 Å². The standard InChI is InChI=1S/C15H21N3O2/c1-9(20-5)13(19)16-10-6-7-11-12(8-10)18-14(17-11)15(2,3)4/h6-9H,1-5H3,(H,16,19)(H,17,18). The molecule has 1 atom stereocenters. The number of carbonyl (C=O) groups excluding carboxylic acids is 1. The molecule has 1 aromatic heterocycles. The summed E-state index contributed by atoms with van der Waals surface area (Å²) < 4.78 is 4.99. The number of benzene rings is 1. The summed E-state index contributed by atoms with van der Waals surface area (Å²) >= 11 is 0. The van der Waals surface area contributed by atoms with Crippen molar-refractivity contribution in [2.75, 3.05) is 12.4 Å². The van der Waals surface area contributed by atoms with Gasteiger partial charge in [0.15, 0.2) is 0 Å². The van der Waals surface area contributed by atoms with E-state index in [2.05, 4.69) is 36.1 Å². The maximum absolute atomic E-state index is 11.8. The molecule has 0 aliphatic rings. The number of H-pyrrole nitrogens is 1. The molecule has 2 N–H and O–H groups in total. The Morgan fingerprint density at radius 3 is 2.70 bits per heavy atom. The predicted octanol–water partition coefficient (Wildman–Crippen LogP) is 2.83. The van der Waals surface area contributed by atoms with Gasteiger partial charge in [-0.15, -0.1) is 0 Å². The van der Waals surface area contributed by atoms with Crippen LogP contribution in [0.5, 0.6) is 0 Å². The Labute approximate surface area is 118 Å². The van der Waals surface area contributed by atoms with Gasteiger partial charge in [0.25, 0.3) is 5.91 Å². The molecule has 1 heterocycles. The largest absolute Gasteiger partial charge is 0.372 e. The topological polar surface area (TPSA) is 67.0 Å². The van der Waals surface area contributed by atoms with Gasteiger partial charge in [0.05, 0.1) is 11.0 Å². The van der Waals surface area contributed by atoms with Crippen molar-refractivity contribution in [3.8, 4) is 0 Å². The van der Waals surface area contributed by atoms with Gasteiger partial charge >= 0.3 is 0 Å². The number of rotatable bonds is 3. The minimum absolute atomic E-state index is 0.0347. The zero-order valence-corrected chi connectivity index (χ0v) is 12.6. The van der Waals surface area contributed by atoms with Crippen molar-refractivity contribution in [2.24, 2.45) is 0 Å². The second-order valence-electron chi connectivity index (χ2n) is 5.93. The summed E-state index contributed by atoms with van der Waals surface area (Å²) in [7, 11) is 1.51. The molecule has 1 aromatic carbocycles. The van der Waals surface area contributed by atoms with Gasteiger partial charge in [0, 0.05) is 18.2 Å². The number of ether oxygens (including phenoxy) is 1. The second-order valence-corrected chi connectivity index (χ2v) is 5.93. The zero-order valence-electron chi connectivity index (χ0n) is 12.6. The molecule has 2 rings (SSSR count). The molecular formula is C15H21N3O2. The van der Waals surface area contributed by atoms with Gasteiger partial charge < -0.3 is 15.0 Å². The maximum Gasteiger partial charge on any atom is 0.253 e. The monoisotopic (exact) mass is 275 g/mol. The van der Waals surface area contributed by atoms with Crippen molar-refractivity contribution < 1.29 is 9.53 Å². The second kappa shape index (κ2) is 5.25. The number of carbonyl (C=O) groups is 1. The van der Waals surface area contributed by atoms with Gasteiger partial charge in [-0.05, 0) is 25.1 Å². The van der Waals surface area contributed by atoms with Crippen LogP contribution >= 0.6 is 0 Å². The van der Waals surface area contributed by atoms with E-state index in [9.17, 15) is 4.79 Å². The third kappa shape index (κ3) is 2.99. The minimum Gasteiger partial charge on any atom is -0.372 e. The molecule has 108 valence electrons. The Bertz CT molecular complexity index is 626. The van der Waals surface area contributed by atoms with Crippen molar-refractivity contribution >= 4 is 22.6 Å². The number of nitrogens with zero attached hydrogens (tertiary/aromatic N) is 1. The van der Waals surface area contributed by atoms with Crippen molar-refractivity contribution in [2.45, 2.75) is 39.2 Å². The molecule has 0 aliphatic heterocycles. The first-order valence-corrected chi connectivity index (χ1v) is 6.65. The van der Waals surface area contributed by atoms with E-state index in [0.29, 0.717) is 0 Å². The van der Waals surface area contributed by atoms with Gasteiger partial charge in [-0.1, -0.05) is 20.8 Å². The molecule has 1 amide bonds. The van der Waals surface area contributed by atoms with E-state index in [-0.39, 0.29) is 11.3 Å². The number of amides is 1. The number of aromatic nitrogens is 2. The van der Waals surface area contributed by atoms with Crippen molar-refractivity contribution in [1.29, 1.82) is 0 Å². The Hall–Kier alpha value is -1.88. The SMILES string of the molecule is COC(C)C(=O)Nc1ccc2nc(C(C)(C)C)[nH]c2c1. The molecule has 0 fully saturated rings. The van der Waals surface area contributed by atoms with Gasteiger partial charge in [-0.2, -0.15) is 0 Å². The van der Waals surface area contributed by atoms with E-state index in [1.807, 2.05) is 18.2 Å². The normalized spacial score (nSPS) is 13.4. The quantitative estimate of drug-likeness (QED) is 0.905. The molecule has 5 heteroatoms. The maximum atomic E-state index is 11.8. The van der Waals surface area contributed by atoms with Crippen LogP contribution in [0.2, 0.25) is 0 Å². The molecule has 5 nitrogen and oxygen atoms in total. The number of anilines is 1. The molecular weight excluding hydrogens is 254 g/mol. The van der Waals surface area contributed by atoms with Crippen LogP contribution in [0.15, 0.2) is 18.2 Å². The lowest BCUT2D eigenvalue weighted by molar-refractivity contribution is -0.124. The summed E-state index contributed by atoms with van der Waals surface area (Å²) in [5.74, 6) is 0.767. The minimum atomic E-state index is -0.474. The lowest BCUT2D eigenvalue weighted by atomic mass is 9.96. The summed E-state index contributed by atoms with van der Waals surface area (Å²) in [6.07, 6.45) is -0.474. The molecule has 0 aliphatic carbocycles. The number of fused-ring (bicyclic) bond motifs is 1. The van der Waals surface area contributed by atoms with Crippen LogP contribution in [-0.4, -0.2) is 29.1 Å². The van der Waals surface area contributed by atoms with Crippen LogP contribution in [0, 0.1) is 0 Å². The highest BCUT2D eigenvalue weighted by Gasteiger charge is 2.18. The summed E-state index contributed by atoms with van der Waals surface area (Å²) in [5, 5.41) is 2.82. The number of hydrogen-bond acceptors (Lipinski definition) is 3. The number of hydrogen-bond donors (Lipinski definition) is 2. The lowest BCUT2D eigenvalue weighted by Gasteiger charge is -2.13. The number of aromatic amines is 1. The first-order valence-electron chi connectivity index (χ1n) is 6.65. The molecule has 0 spiro atoms. The Morgan fingerprint density at radius 2 is 2.10 bits per heavy atom. The highest BCUT2D eigenvalue weighted by atomic mass is 16.5. The third-order valence-corrected chi connectivity index (χ3v) is 3.18. The van der Waals surface area contributed by atoms with E-state index in [4.69, 9.17) is 4.74 Å². The van der Waals surface area contributed by atoms with Crippen molar-refractivity contribution in [3.63, 3.8) is 0 Å². The van der Waals surface area contributed by atoms with E-state index >= 15 is 0 Å². The van der Waals surface area contributed by atoms with E-state index in [0.717, 1.165) is 22.5 Å². The summed E-state index contributed by atoms with van der Waals surface area (Å²) in [6, 6.07) is 5.63. The Kier molecular flexibility index (Phi) is 3.81. The average molecular weight is 275 g/mol. The first kappa shape index (κ1) is 14.5. The molecule has 0 radical (unpaired) electrons. The van der Waals surface area contributed by atoms with Crippen LogP contribution in [-0.2, 0) is 14.9 Å². The van der Waals surface area contributed by atoms with E-state index < -0.39 is 6.10 Å². The Morgan fingerprint density at radius 1 is 1.40 bits per heavy atom. The third-order valence-electron chi connectivity index (χ3n) is 3.18. The zero-order chi connectivity index (χ0) is 14.9. The molecule has 2 aromatic rings. The van der Waals surface area contributed by atoms with E-state index in [1.54, 1.807) is 6.92 Å². The summed E-state index contributed by atoms with van der Waals surface area (Å²) in [4.78, 5) is 19.6. The number of methoxy groups -OCH3 is 1. The van der Waals surface area contributed by atoms with Gasteiger partial charge in [0.1, 0.15) is 11.9 Å². The molecule has 0 bridgehead atoms. The van der Waals surface area contributed by atoms with Crippen LogP contribution < -0.4 is 5.32 Å². The summed E-state index contributed by atoms with van der Waals surface area (Å²) in [5.41, 5.74) is 2.51. The van der Waals surface area contributed by atoms with Gasteiger partial charge in [-0.3, -0.25) is 4.79 Å². The highest BCUT2D eigenvalue weighted by Crippen LogP contribution is 2.24. The Balaban J connectivity index is 2.27. The summed E-state index contributed by atoms with van der Waals surface area (Å²) in [6.45, 7) is 8.02. The fourth-order valence-corrected chi connectivity index (χ4v) is 1.79.